The maximum absolute atomic E-state index is 4.20. The van der Waals surface area contributed by atoms with E-state index >= 15 is 0 Å². The molecule has 0 bridgehead atoms. The SMILES string of the molecule is CC(C)c1ccncc1-c1ccccc1. The van der Waals surface area contributed by atoms with Gasteiger partial charge in [-0.15, -0.1) is 0 Å². The molecule has 0 saturated carbocycles. The Labute approximate surface area is 90.8 Å². The first-order valence-electron chi connectivity index (χ1n) is 5.28. The van der Waals surface area contributed by atoms with Crippen LogP contribution in [0.2, 0.25) is 0 Å². The molecule has 0 radical (unpaired) electrons. The van der Waals surface area contributed by atoms with Gasteiger partial charge in [-0.3, -0.25) is 4.98 Å². The molecule has 1 aromatic carbocycles. The highest BCUT2D eigenvalue weighted by Gasteiger charge is 2.07. The molecular formula is C14H15N. The third-order valence-corrected chi connectivity index (χ3v) is 2.56. The summed E-state index contributed by atoms with van der Waals surface area (Å²) >= 11 is 0. The lowest BCUT2D eigenvalue weighted by Crippen LogP contribution is -1.92. The van der Waals surface area contributed by atoms with Crippen molar-refractivity contribution in [1.82, 2.24) is 4.98 Å². The Hall–Kier alpha value is -1.63. The highest BCUT2D eigenvalue weighted by Crippen LogP contribution is 2.27. The van der Waals surface area contributed by atoms with E-state index in [4.69, 9.17) is 0 Å². The molecule has 1 nitrogen and oxygen atoms in total. The van der Waals surface area contributed by atoms with Gasteiger partial charge in [0.15, 0.2) is 0 Å². The molecule has 0 aliphatic rings. The summed E-state index contributed by atoms with van der Waals surface area (Å²) in [6.45, 7) is 4.42. The third-order valence-electron chi connectivity index (χ3n) is 2.56. The number of nitrogens with zero attached hydrogens (tertiary/aromatic N) is 1. The van der Waals surface area contributed by atoms with Crippen molar-refractivity contribution >= 4 is 0 Å². The minimum absolute atomic E-state index is 0.531. The lowest BCUT2D eigenvalue weighted by molar-refractivity contribution is 0.865. The molecule has 76 valence electrons. The number of hydrogen-bond donors (Lipinski definition) is 0. The molecule has 15 heavy (non-hydrogen) atoms. The van der Waals surface area contributed by atoms with Gasteiger partial charge in [0.05, 0.1) is 0 Å². The van der Waals surface area contributed by atoms with Crippen molar-refractivity contribution in [2.75, 3.05) is 0 Å². The van der Waals surface area contributed by atoms with Crippen molar-refractivity contribution in [2.24, 2.45) is 0 Å². The van der Waals surface area contributed by atoms with Gasteiger partial charge in [-0.2, -0.15) is 0 Å². The highest BCUT2D eigenvalue weighted by atomic mass is 14.6. The normalized spacial score (nSPS) is 10.6. The maximum atomic E-state index is 4.20. The van der Waals surface area contributed by atoms with Crippen LogP contribution in [0.1, 0.15) is 25.3 Å². The van der Waals surface area contributed by atoms with Crippen molar-refractivity contribution in [3.63, 3.8) is 0 Å². The van der Waals surface area contributed by atoms with Crippen molar-refractivity contribution in [3.8, 4) is 11.1 Å². The van der Waals surface area contributed by atoms with E-state index in [1.54, 1.807) is 0 Å². The molecule has 0 amide bonds. The predicted octanol–water partition coefficient (Wildman–Crippen LogP) is 3.87. The van der Waals surface area contributed by atoms with Crippen LogP contribution >= 0.6 is 0 Å². The molecule has 1 heterocycles. The van der Waals surface area contributed by atoms with Crippen LogP contribution in [-0.4, -0.2) is 4.98 Å². The van der Waals surface area contributed by atoms with Gasteiger partial charge in [0, 0.05) is 18.0 Å². The first-order valence-corrected chi connectivity index (χ1v) is 5.28. The van der Waals surface area contributed by atoms with Gasteiger partial charge in [0.2, 0.25) is 0 Å². The Kier molecular flexibility index (Phi) is 2.82. The Morgan fingerprint density at radius 3 is 2.40 bits per heavy atom. The Bertz CT molecular complexity index is 432. The van der Waals surface area contributed by atoms with E-state index in [-0.39, 0.29) is 0 Å². The zero-order valence-corrected chi connectivity index (χ0v) is 9.14. The summed E-state index contributed by atoms with van der Waals surface area (Å²) < 4.78 is 0. The van der Waals surface area contributed by atoms with Crippen LogP contribution in [-0.2, 0) is 0 Å². The molecule has 0 N–H and O–H groups in total. The standard InChI is InChI=1S/C14H15N/c1-11(2)13-8-9-15-10-14(13)12-6-4-3-5-7-12/h3-11H,1-2H3. The van der Waals surface area contributed by atoms with Gasteiger partial charge in [-0.05, 0) is 23.1 Å². The molecule has 0 spiro atoms. The summed E-state index contributed by atoms with van der Waals surface area (Å²) in [7, 11) is 0. The lowest BCUT2D eigenvalue weighted by Gasteiger charge is -2.11. The average Bonchev–Trinajstić information content (AvgIpc) is 2.30. The molecule has 2 aromatic rings. The number of hydrogen-bond acceptors (Lipinski definition) is 1. The Morgan fingerprint density at radius 2 is 1.73 bits per heavy atom. The fourth-order valence-electron chi connectivity index (χ4n) is 1.77. The molecule has 0 unspecified atom stereocenters. The molecule has 0 atom stereocenters. The minimum atomic E-state index is 0.531. The Balaban J connectivity index is 2.53. The van der Waals surface area contributed by atoms with E-state index in [1.165, 1.54) is 16.7 Å². The van der Waals surface area contributed by atoms with Gasteiger partial charge < -0.3 is 0 Å². The quantitative estimate of drug-likeness (QED) is 0.712. The molecule has 1 heteroatoms. The topological polar surface area (TPSA) is 12.9 Å². The van der Waals surface area contributed by atoms with Gasteiger partial charge in [-0.1, -0.05) is 44.2 Å². The van der Waals surface area contributed by atoms with Crippen molar-refractivity contribution in [2.45, 2.75) is 19.8 Å². The fourth-order valence-corrected chi connectivity index (χ4v) is 1.77. The van der Waals surface area contributed by atoms with Gasteiger partial charge in [0.25, 0.3) is 0 Å². The van der Waals surface area contributed by atoms with Gasteiger partial charge >= 0.3 is 0 Å². The number of benzene rings is 1. The molecule has 2 rings (SSSR count). The molecule has 0 aliphatic heterocycles. The number of aromatic nitrogens is 1. The van der Waals surface area contributed by atoms with E-state index < -0.39 is 0 Å². The van der Waals surface area contributed by atoms with Crippen LogP contribution in [0.15, 0.2) is 48.8 Å². The van der Waals surface area contributed by atoms with Crippen LogP contribution in [0.25, 0.3) is 11.1 Å². The summed E-state index contributed by atoms with van der Waals surface area (Å²) in [6, 6.07) is 12.5. The van der Waals surface area contributed by atoms with Crippen molar-refractivity contribution < 1.29 is 0 Å². The average molecular weight is 197 g/mol. The monoisotopic (exact) mass is 197 g/mol. The number of pyridine rings is 1. The second-order valence-corrected chi connectivity index (χ2v) is 3.98. The van der Waals surface area contributed by atoms with E-state index in [0.29, 0.717) is 5.92 Å². The smallest absolute Gasteiger partial charge is 0.0349 e. The van der Waals surface area contributed by atoms with E-state index in [0.717, 1.165) is 0 Å². The van der Waals surface area contributed by atoms with E-state index in [2.05, 4.69) is 49.2 Å². The largest absolute Gasteiger partial charge is 0.264 e. The Morgan fingerprint density at radius 1 is 1.00 bits per heavy atom. The van der Waals surface area contributed by atoms with Crippen LogP contribution in [0.5, 0.6) is 0 Å². The van der Waals surface area contributed by atoms with Crippen LogP contribution in [0.4, 0.5) is 0 Å². The first-order chi connectivity index (χ1) is 7.29. The minimum Gasteiger partial charge on any atom is -0.264 e. The zero-order chi connectivity index (χ0) is 10.7. The lowest BCUT2D eigenvalue weighted by atomic mass is 9.95. The summed E-state index contributed by atoms with van der Waals surface area (Å²) in [5.41, 5.74) is 3.85. The summed E-state index contributed by atoms with van der Waals surface area (Å²) in [5.74, 6) is 0.531. The highest BCUT2D eigenvalue weighted by molar-refractivity contribution is 5.66. The molecular weight excluding hydrogens is 182 g/mol. The first kappa shape index (κ1) is 9.91. The fraction of sp³-hybridized carbons (Fsp3) is 0.214. The second-order valence-electron chi connectivity index (χ2n) is 3.98. The van der Waals surface area contributed by atoms with Crippen LogP contribution in [0, 0.1) is 0 Å². The van der Waals surface area contributed by atoms with E-state index in [1.807, 2.05) is 18.5 Å². The van der Waals surface area contributed by atoms with Gasteiger partial charge in [0.1, 0.15) is 0 Å². The third kappa shape index (κ3) is 2.07. The van der Waals surface area contributed by atoms with Crippen molar-refractivity contribution in [3.05, 3.63) is 54.4 Å². The van der Waals surface area contributed by atoms with Crippen LogP contribution in [0.3, 0.4) is 0 Å². The van der Waals surface area contributed by atoms with Gasteiger partial charge in [-0.25, -0.2) is 0 Å². The predicted molar refractivity (Wildman–Crippen MR) is 63.8 cm³/mol. The summed E-state index contributed by atoms with van der Waals surface area (Å²) in [4.78, 5) is 4.20. The zero-order valence-electron chi connectivity index (χ0n) is 9.14. The van der Waals surface area contributed by atoms with Crippen LogP contribution < -0.4 is 0 Å². The molecule has 1 aromatic heterocycles. The molecule has 0 saturated heterocycles. The van der Waals surface area contributed by atoms with Crippen molar-refractivity contribution in [1.29, 1.82) is 0 Å². The molecule has 0 fully saturated rings. The molecule has 0 aliphatic carbocycles. The summed E-state index contributed by atoms with van der Waals surface area (Å²) in [5, 5.41) is 0. The second kappa shape index (κ2) is 4.26. The number of rotatable bonds is 2. The van der Waals surface area contributed by atoms with E-state index in [9.17, 15) is 0 Å². The maximum Gasteiger partial charge on any atom is 0.0349 e. The summed E-state index contributed by atoms with van der Waals surface area (Å²) in [6.07, 6.45) is 3.81.